The van der Waals surface area contributed by atoms with Crippen LogP contribution in [0.1, 0.15) is 57.1 Å². The van der Waals surface area contributed by atoms with Crippen molar-refractivity contribution in [2.24, 2.45) is 5.92 Å². The predicted octanol–water partition coefficient (Wildman–Crippen LogP) is 4.41. The number of carboxylic acids is 1. The Morgan fingerprint density at radius 2 is 1.59 bits per heavy atom. The van der Waals surface area contributed by atoms with Gasteiger partial charge in [-0.15, -0.1) is 0 Å². The zero-order chi connectivity index (χ0) is 24.5. The molecular weight excluding hydrogens is 432 g/mol. The second kappa shape index (κ2) is 9.49. The summed E-state index contributed by atoms with van der Waals surface area (Å²) in [6.45, 7) is 5.10. The summed E-state index contributed by atoms with van der Waals surface area (Å²) in [6.07, 6.45) is 1.83. The number of alkyl carbamates (subject to hydrolysis) is 1. The molecular formula is C27H32N2O5. The quantitative estimate of drug-likeness (QED) is 0.604. The van der Waals surface area contributed by atoms with Crippen LogP contribution < -0.4 is 5.32 Å². The number of nitrogens with one attached hydrogen (secondary N) is 1. The molecule has 0 radical (unpaired) electrons. The Hall–Kier alpha value is -3.35. The summed E-state index contributed by atoms with van der Waals surface area (Å²) in [5, 5.41) is 12.1. The van der Waals surface area contributed by atoms with Gasteiger partial charge in [-0.05, 0) is 55.4 Å². The molecule has 0 saturated heterocycles. The number of rotatable bonds is 8. The number of aliphatic carboxylic acids is 1. The number of fused-ring (bicyclic) bond motifs is 3. The summed E-state index contributed by atoms with van der Waals surface area (Å²) in [5.74, 6) is -1.20. The van der Waals surface area contributed by atoms with E-state index in [0.29, 0.717) is 12.3 Å². The van der Waals surface area contributed by atoms with E-state index in [1.165, 1.54) is 4.90 Å². The summed E-state index contributed by atoms with van der Waals surface area (Å²) in [7, 11) is 0. The molecule has 7 heteroatoms. The highest BCUT2D eigenvalue weighted by Gasteiger charge is 2.38. The average molecular weight is 465 g/mol. The number of carbonyl (C=O) groups excluding carboxylic acids is 2. The first-order valence-electron chi connectivity index (χ1n) is 11.8. The average Bonchev–Trinajstić information content (AvgIpc) is 3.55. The maximum atomic E-state index is 13.3. The molecule has 1 unspecified atom stereocenters. The number of amides is 2. The van der Waals surface area contributed by atoms with Gasteiger partial charge >= 0.3 is 12.1 Å². The van der Waals surface area contributed by atoms with Gasteiger partial charge < -0.3 is 20.1 Å². The number of nitrogens with zero attached hydrogens (tertiary/aromatic N) is 1. The normalized spacial score (nSPS) is 15.7. The van der Waals surface area contributed by atoms with E-state index in [4.69, 9.17) is 4.74 Å². The molecule has 0 aliphatic heterocycles. The van der Waals surface area contributed by atoms with Gasteiger partial charge in [-0.25, -0.2) is 4.79 Å². The van der Waals surface area contributed by atoms with Crippen LogP contribution in [0.5, 0.6) is 0 Å². The molecule has 4 rings (SSSR count). The van der Waals surface area contributed by atoms with Crippen LogP contribution in [0, 0.1) is 5.92 Å². The minimum absolute atomic E-state index is 0.0752. The van der Waals surface area contributed by atoms with Gasteiger partial charge in [0.05, 0.1) is 0 Å². The maximum absolute atomic E-state index is 13.3. The molecule has 2 N–H and O–H groups in total. The third-order valence-electron chi connectivity index (χ3n) is 6.57. The molecule has 0 heterocycles. The fraction of sp³-hybridized carbons (Fsp3) is 0.444. The van der Waals surface area contributed by atoms with Crippen molar-refractivity contribution in [1.82, 2.24) is 10.2 Å². The zero-order valence-electron chi connectivity index (χ0n) is 19.9. The molecule has 1 atom stereocenters. The molecule has 0 bridgehead atoms. The molecule has 2 aromatic carbocycles. The topological polar surface area (TPSA) is 95.9 Å². The van der Waals surface area contributed by atoms with Crippen molar-refractivity contribution in [3.63, 3.8) is 0 Å². The highest BCUT2D eigenvalue weighted by molar-refractivity contribution is 5.88. The number of hydrogen-bond acceptors (Lipinski definition) is 4. The van der Waals surface area contributed by atoms with E-state index in [-0.39, 0.29) is 12.5 Å². The highest BCUT2D eigenvalue weighted by Crippen LogP contribution is 2.44. The summed E-state index contributed by atoms with van der Waals surface area (Å²) in [4.78, 5) is 38.8. The van der Waals surface area contributed by atoms with Crippen LogP contribution in [0.25, 0.3) is 11.1 Å². The van der Waals surface area contributed by atoms with Crippen LogP contribution in [0.15, 0.2) is 48.5 Å². The van der Waals surface area contributed by atoms with Gasteiger partial charge in [-0.2, -0.15) is 0 Å². The Bertz CT molecular complexity index is 1040. The Balaban J connectivity index is 1.46. The second-order valence-electron chi connectivity index (χ2n) is 10.2. The van der Waals surface area contributed by atoms with Crippen molar-refractivity contribution in [2.75, 3.05) is 13.2 Å². The van der Waals surface area contributed by atoms with Crippen LogP contribution in [0.3, 0.4) is 0 Å². The van der Waals surface area contributed by atoms with E-state index in [9.17, 15) is 19.5 Å². The monoisotopic (exact) mass is 464 g/mol. The lowest BCUT2D eigenvalue weighted by molar-refractivity contribution is -0.149. The largest absolute Gasteiger partial charge is 0.480 e. The fourth-order valence-corrected chi connectivity index (χ4v) is 4.66. The van der Waals surface area contributed by atoms with Crippen LogP contribution >= 0.6 is 0 Å². The first-order chi connectivity index (χ1) is 16.1. The van der Waals surface area contributed by atoms with Crippen molar-refractivity contribution < 1.29 is 24.2 Å². The van der Waals surface area contributed by atoms with Crippen molar-refractivity contribution in [2.45, 2.75) is 57.5 Å². The van der Waals surface area contributed by atoms with E-state index in [1.807, 2.05) is 36.4 Å². The first kappa shape index (κ1) is 23.8. The lowest BCUT2D eigenvalue weighted by atomic mass is 9.98. The van der Waals surface area contributed by atoms with Crippen molar-refractivity contribution >= 4 is 18.0 Å². The molecule has 2 aliphatic rings. The molecule has 1 fully saturated rings. The van der Waals surface area contributed by atoms with E-state index in [2.05, 4.69) is 17.4 Å². The van der Waals surface area contributed by atoms with Crippen LogP contribution in [-0.4, -0.2) is 52.7 Å². The number of hydrogen-bond donors (Lipinski definition) is 2. The van der Waals surface area contributed by atoms with Crippen molar-refractivity contribution in [1.29, 1.82) is 0 Å². The second-order valence-corrected chi connectivity index (χ2v) is 10.2. The molecule has 34 heavy (non-hydrogen) atoms. The molecule has 2 aliphatic carbocycles. The third kappa shape index (κ3) is 5.24. The summed E-state index contributed by atoms with van der Waals surface area (Å²) in [5.41, 5.74) is 3.82. The zero-order valence-corrected chi connectivity index (χ0v) is 19.9. The van der Waals surface area contributed by atoms with Crippen LogP contribution in [0.4, 0.5) is 4.79 Å². The van der Waals surface area contributed by atoms with E-state index < -0.39 is 36.1 Å². The van der Waals surface area contributed by atoms with E-state index in [1.54, 1.807) is 20.8 Å². The smallest absolute Gasteiger partial charge is 0.407 e. The predicted molar refractivity (Wildman–Crippen MR) is 128 cm³/mol. The molecule has 180 valence electrons. The van der Waals surface area contributed by atoms with Gasteiger partial charge in [0.2, 0.25) is 5.91 Å². The minimum atomic E-state index is -1.09. The standard InChI is InChI=1S/C27H32N2O5/c1-27(2,3)29(15-24(30)31)25(32)23(14-17-12-13-17)28-26(33)34-16-22-20-10-6-4-8-18(20)19-9-5-7-11-21(19)22/h4-11,17,22-23H,12-16H2,1-3H3,(H,28,33)(H,30,31). The van der Waals surface area contributed by atoms with Crippen molar-refractivity contribution in [3.8, 4) is 11.1 Å². The van der Waals surface area contributed by atoms with Crippen LogP contribution in [0.2, 0.25) is 0 Å². The van der Waals surface area contributed by atoms with Gasteiger partial charge in [0.1, 0.15) is 19.2 Å². The summed E-state index contributed by atoms with van der Waals surface area (Å²) in [6, 6.07) is 15.4. The Kier molecular flexibility index (Phi) is 6.64. The number of carboxylic acid groups (broad SMARTS) is 1. The Morgan fingerprint density at radius 3 is 2.09 bits per heavy atom. The lowest BCUT2D eigenvalue weighted by Crippen LogP contribution is -2.56. The number of benzene rings is 2. The fourth-order valence-electron chi connectivity index (χ4n) is 4.66. The lowest BCUT2D eigenvalue weighted by Gasteiger charge is -2.37. The van der Waals surface area contributed by atoms with Gasteiger partial charge in [0, 0.05) is 11.5 Å². The number of carbonyl (C=O) groups is 3. The van der Waals surface area contributed by atoms with Crippen LogP contribution in [-0.2, 0) is 14.3 Å². The van der Waals surface area contributed by atoms with Gasteiger partial charge in [-0.3, -0.25) is 9.59 Å². The third-order valence-corrected chi connectivity index (χ3v) is 6.57. The molecule has 2 aromatic rings. The van der Waals surface area contributed by atoms with E-state index >= 15 is 0 Å². The summed E-state index contributed by atoms with van der Waals surface area (Å²) >= 11 is 0. The molecule has 1 saturated carbocycles. The van der Waals surface area contributed by atoms with E-state index in [0.717, 1.165) is 35.1 Å². The van der Waals surface area contributed by atoms with Crippen molar-refractivity contribution in [3.05, 3.63) is 59.7 Å². The van der Waals surface area contributed by atoms with Gasteiger partial charge in [0.25, 0.3) is 0 Å². The molecule has 0 aromatic heterocycles. The molecule has 2 amide bonds. The molecule has 0 spiro atoms. The molecule has 7 nitrogen and oxygen atoms in total. The Morgan fingerprint density at radius 1 is 1.03 bits per heavy atom. The SMILES string of the molecule is CC(C)(C)N(CC(=O)O)C(=O)C(CC1CC1)NC(=O)OCC1c2ccccc2-c2ccccc21. The minimum Gasteiger partial charge on any atom is -0.480 e. The van der Waals surface area contributed by atoms with Gasteiger partial charge in [-0.1, -0.05) is 61.4 Å². The Labute approximate surface area is 200 Å². The summed E-state index contributed by atoms with van der Waals surface area (Å²) < 4.78 is 5.63. The number of ether oxygens (including phenoxy) is 1. The first-order valence-corrected chi connectivity index (χ1v) is 11.8. The highest BCUT2D eigenvalue weighted by atomic mass is 16.5. The van der Waals surface area contributed by atoms with Gasteiger partial charge in [0.15, 0.2) is 0 Å². The maximum Gasteiger partial charge on any atom is 0.407 e.